The Morgan fingerprint density at radius 3 is 2.73 bits per heavy atom. The highest BCUT2D eigenvalue weighted by Gasteiger charge is 2.15. The van der Waals surface area contributed by atoms with Gasteiger partial charge < -0.3 is 15.5 Å². The number of halogens is 1. The molecule has 0 spiro atoms. The first-order valence-corrected chi connectivity index (χ1v) is 8.83. The molecule has 26 heavy (non-hydrogen) atoms. The fraction of sp³-hybridized carbons (Fsp3) is 0.176. The summed E-state index contributed by atoms with van der Waals surface area (Å²) in [5, 5.41) is 6.25. The number of aromatic nitrogens is 2. The number of amides is 2. The Hall–Kier alpha value is -2.71. The molecule has 7 nitrogen and oxygen atoms in total. The Morgan fingerprint density at radius 2 is 1.96 bits per heavy atom. The van der Waals surface area contributed by atoms with E-state index in [9.17, 15) is 9.59 Å². The van der Waals surface area contributed by atoms with Gasteiger partial charge in [-0.15, -0.1) is 0 Å². The fourth-order valence-corrected chi connectivity index (χ4v) is 3.09. The van der Waals surface area contributed by atoms with Crippen LogP contribution >= 0.6 is 23.3 Å². The second-order valence-electron chi connectivity index (χ2n) is 5.73. The Bertz CT molecular complexity index is 973. The second kappa shape index (κ2) is 7.67. The minimum atomic E-state index is -0.270. The van der Waals surface area contributed by atoms with Gasteiger partial charge in [0, 0.05) is 24.8 Å². The van der Waals surface area contributed by atoms with Crippen LogP contribution in [-0.2, 0) is 4.79 Å². The standard InChI is InChI=1S/C17H16ClN5O2S/c1-23(2)17(25)11-7-6-10(18)8-14(11)19-9-15(24)20-12-4-3-5-13-16(12)22-26-21-13/h3-8,19H,9H2,1-2H3,(H,20,24). The highest BCUT2D eigenvalue weighted by molar-refractivity contribution is 7.00. The molecule has 2 N–H and O–H groups in total. The molecule has 0 atom stereocenters. The molecule has 3 rings (SSSR count). The van der Waals surface area contributed by atoms with Gasteiger partial charge >= 0.3 is 0 Å². The van der Waals surface area contributed by atoms with E-state index in [-0.39, 0.29) is 18.4 Å². The van der Waals surface area contributed by atoms with Crippen LogP contribution in [-0.4, -0.2) is 46.1 Å². The third kappa shape index (κ3) is 3.92. The summed E-state index contributed by atoms with van der Waals surface area (Å²) in [6.07, 6.45) is 0. The van der Waals surface area contributed by atoms with Gasteiger partial charge in [-0.1, -0.05) is 17.7 Å². The molecule has 0 bridgehead atoms. The Balaban J connectivity index is 1.73. The van der Waals surface area contributed by atoms with Gasteiger partial charge in [0.05, 0.1) is 29.5 Å². The van der Waals surface area contributed by atoms with Crippen molar-refractivity contribution in [3.05, 3.63) is 47.0 Å². The second-order valence-corrected chi connectivity index (χ2v) is 6.69. The molecule has 0 radical (unpaired) electrons. The average molecular weight is 390 g/mol. The first-order valence-electron chi connectivity index (χ1n) is 7.72. The number of anilines is 2. The van der Waals surface area contributed by atoms with Crippen molar-refractivity contribution in [1.82, 2.24) is 13.6 Å². The van der Waals surface area contributed by atoms with Gasteiger partial charge in [-0.2, -0.15) is 8.75 Å². The number of fused-ring (bicyclic) bond motifs is 1. The number of hydrogen-bond donors (Lipinski definition) is 2. The maximum absolute atomic E-state index is 12.3. The smallest absolute Gasteiger partial charge is 0.255 e. The number of carbonyl (C=O) groups is 2. The molecule has 0 saturated carbocycles. The van der Waals surface area contributed by atoms with Crippen LogP contribution in [0.2, 0.25) is 5.02 Å². The molecule has 0 aliphatic carbocycles. The minimum absolute atomic E-state index is 0.0258. The Morgan fingerprint density at radius 1 is 1.15 bits per heavy atom. The first-order chi connectivity index (χ1) is 12.5. The summed E-state index contributed by atoms with van der Waals surface area (Å²) in [7, 11) is 3.33. The molecule has 2 amide bonds. The van der Waals surface area contributed by atoms with E-state index in [4.69, 9.17) is 11.6 Å². The van der Waals surface area contributed by atoms with Crippen LogP contribution in [0.5, 0.6) is 0 Å². The van der Waals surface area contributed by atoms with Gasteiger partial charge in [-0.3, -0.25) is 9.59 Å². The van der Waals surface area contributed by atoms with Crippen LogP contribution < -0.4 is 10.6 Å². The van der Waals surface area contributed by atoms with Crippen molar-refractivity contribution in [1.29, 1.82) is 0 Å². The molecular weight excluding hydrogens is 374 g/mol. The third-order valence-electron chi connectivity index (χ3n) is 3.62. The lowest BCUT2D eigenvalue weighted by Gasteiger charge is -2.15. The number of carbonyl (C=O) groups excluding carboxylic acids is 2. The maximum atomic E-state index is 12.3. The predicted molar refractivity (Wildman–Crippen MR) is 104 cm³/mol. The van der Waals surface area contributed by atoms with Crippen molar-refractivity contribution < 1.29 is 9.59 Å². The molecule has 0 fully saturated rings. The van der Waals surface area contributed by atoms with Gasteiger partial charge in [-0.25, -0.2) is 0 Å². The number of benzene rings is 2. The monoisotopic (exact) mass is 389 g/mol. The Labute approximate surface area is 159 Å². The SMILES string of the molecule is CN(C)C(=O)c1ccc(Cl)cc1NCC(=O)Nc1cccc2nsnc12. The molecule has 3 aromatic rings. The number of rotatable bonds is 5. The molecule has 0 aliphatic heterocycles. The van der Waals surface area contributed by atoms with Crippen LogP contribution in [0.25, 0.3) is 11.0 Å². The summed E-state index contributed by atoms with van der Waals surface area (Å²) in [6.45, 7) is -0.0258. The molecule has 1 heterocycles. The maximum Gasteiger partial charge on any atom is 0.255 e. The van der Waals surface area contributed by atoms with E-state index >= 15 is 0 Å². The van der Waals surface area contributed by atoms with E-state index in [0.29, 0.717) is 27.5 Å². The molecule has 0 aliphatic rings. The average Bonchev–Trinajstić information content (AvgIpc) is 3.09. The summed E-state index contributed by atoms with van der Waals surface area (Å²) in [5.74, 6) is -0.448. The molecule has 1 aromatic heterocycles. The highest BCUT2D eigenvalue weighted by Crippen LogP contribution is 2.23. The largest absolute Gasteiger partial charge is 0.375 e. The summed E-state index contributed by atoms with van der Waals surface area (Å²) < 4.78 is 8.33. The summed E-state index contributed by atoms with van der Waals surface area (Å²) >= 11 is 7.11. The summed E-state index contributed by atoms with van der Waals surface area (Å²) in [6, 6.07) is 10.3. The summed E-state index contributed by atoms with van der Waals surface area (Å²) in [5.41, 5.74) is 2.92. The van der Waals surface area contributed by atoms with Crippen molar-refractivity contribution in [3.63, 3.8) is 0 Å². The third-order valence-corrected chi connectivity index (χ3v) is 4.40. The van der Waals surface area contributed by atoms with Crippen molar-refractivity contribution in [2.24, 2.45) is 0 Å². The lowest BCUT2D eigenvalue weighted by atomic mass is 10.1. The van der Waals surface area contributed by atoms with Gasteiger partial charge in [-0.05, 0) is 30.3 Å². The molecule has 134 valence electrons. The minimum Gasteiger partial charge on any atom is -0.375 e. The fourth-order valence-electron chi connectivity index (χ4n) is 2.37. The molecule has 9 heteroatoms. The zero-order valence-corrected chi connectivity index (χ0v) is 15.7. The van der Waals surface area contributed by atoms with Crippen LogP contribution in [0.1, 0.15) is 10.4 Å². The molecule has 0 saturated heterocycles. The van der Waals surface area contributed by atoms with E-state index < -0.39 is 0 Å². The van der Waals surface area contributed by atoms with Crippen molar-refractivity contribution in [3.8, 4) is 0 Å². The molecular formula is C17H16ClN5O2S. The number of nitrogens with zero attached hydrogens (tertiary/aromatic N) is 3. The lowest BCUT2D eigenvalue weighted by Crippen LogP contribution is -2.25. The van der Waals surface area contributed by atoms with E-state index in [0.717, 1.165) is 17.2 Å². The van der Waals surface area contributed by atoms with E-state index in [1.807, 2.05) is 6.07 Å². The van der Waals surface area contributed by atoms with Crippen LogP contribution in [0, 0.1) is 0 Å². The molecule has 0 unspecified atom stereocenters. The molecule has 2 aromatic carbocycles. The zero-order chi connectivity index (χ0) is 18.7. The normalized spacial score (nSPS) is 10.6. The Kier molecular flexibility index (Phi) is 5.34. The van der Waals surface area contributed by atoms with Crippen molar-refractivity contribution in [2.75, 3.05) is 31.3 Å². The van der Waals surface area contributed by atoms with Gasteiger partial charge in [0.1, 0.15) is 11.0 Å². The van der Waals surface area contributed by atoms with E-state index in [2.05, 4.69) is 19.4 Å². The van der Waals surface area contributed by atoms with Crippen LogP contribution in [0.3, 0.4) is 0 Å². The topological polar surface area (TPSA) is 87.2 Å². The highest BCUT2D eigenvalue weighted by atomic mass is 35.5. The first kappa shape index (κ1) is 18.1. The van der Waals surface area contributed by atoms with E-state index in [1.54, 1.807) is 44.4 Å². The quantitative estimate of drug-likeness (QED) is 0.700. The predicted octanol–water partition coefficient (Wildman–Crippen LogP) is 3.10. The number of hydrogen-bond acceptors (Lipinski definition) is 6. The van der Waals surface area contributed by atoms with Crippen molar-refractivity contribution >= 4 is 57.6 Å². The summed E-state index contributed by atoms with van der Waals surface area (Å²) in [4.78, 5) is 26.0. The van der Waals surface area contributed by atoms with Crippen molar-refractivity contribution in [2.45, 2.75) is 0 Å². The number of nitrogens with one attached hydrogen (secondary N) is 2. The van der Waals surface area contributed by atoms with Crippen LogP contribution in [0.15, 0.2) is 36.4 Å². The van der Waals surface area contributed by atoms with E-state index in [1.165, 1.54) is 4.90 Å². The van der Waals surface area contributed by atoms with Gasteiger partial charge in [0.15, 0.2) is 0 Å². The van der Waals surface area contributed by atoms with Crippen LogP contribution in [0.4, 0.5) is 11.4 Å². The van der Waals surface area contributed by atoms with Gasteiger partial charge in [0.25, 0.3) is 5.91 Å². The van der Waals surface area contributed by atoms with Gasteiger partial charge in [0.2, 0.25) is 5.91 Å². The lowest BCUT2D eigenvalue weighted by molar-refractivity contribution is -0.114. The zero-order valence-electron chi connectivity index (χ0n) is 14.1.